The minimum atomic E-state index is -1.45. The molecule has 0 aromatic carbocycles. The number of nitrogens with one attached hydrogen (secondary N) is 1. The molecule has 0 aliphatic heterocycles. The molecule has 7 nitrogen and oxygen atoms in total. The monoisotopic (exact) mass is 189 g/mol. The maximum absolute atomic E-state index is 10.8. The van der Waals surface area contributed by atoms with Gasteiger partial charge in [0.25, 0.3) is 5.91 Å². The van der Waals surface area contributed by atoms with E-state index in [1.54, 1.807) is 0 Å². The van der Waals surface area contributed by atoms with E-state index in [0.717, 1.165) is 0 Å². The number of rotatable bonds is 5. The Morgan fingerprint density at radius 2 is 1.77 bits per heavy atom. The van der Waals surface area contributed by atoms with Crippen LogP contribution in [0.2, 0.25) is 0 Å². The zero-order valence-electron chi connectivity index (χ0n) is 6.74. The molecule has 0 rings (SSSR count). The van der Waals surface area contributed by atoms with Gasteiger partial charge in [0, 0.05) is 12.4 Å². The van der Waals surface area contributed by atoms with E-state index in [4.69, 9.17) is 0 Å². The third-order valence-electron chi connectivity index (χ3n) is 1.19. The number of quaternary nitrogens is 1. The molecule has 0 saturated carbocycles. The second-order valence-electron chi connectivity index (χ2n) is 2.36. The Labute approximate surface area is 73.5 Å². The van der Waals surface area contributed by atoms with Gasteiger partial charge in [0.2, 0.25) is 0 Å². The second-order valence-corrected chi connectivity index (χ2v) is 2.36. The average molecular weight is 189 g/mol. The lowest BCUT2D eigenvalue weighted by Crippen LogP contribution is -2.69. The maximum atomic E-state index is 10.8. The number of amides is 1. The molecular weight excluding hydrogens is 180 g/mol. The van der Waals surface area contributed by atoms with Crippen molar-refractivity contribution in [1.29, 1.82) is 0 Å². The zero-order valence-corrected chi connectivity index (χ0v) is 6.74. The van der Waals surface area contributed by atoms with Crippen LogP contribution in [0.4, 0.5) is 0 Å². The summed E-state index contributed by atoms with van der Waals surface area (Å²) in [5.41, 5.74) is 3.21. The first-order valence-electron chi connectivity index (χ1n) is 3.44. The Morgan fingerprint density at radius 3 is 2.15 bits per heavy atom. The van der Waals surface area contributed by atoms with E-state index in [1.165, 1.54) is 0 Å². The van der Waals surface area contributed by atoms with Crippen LogP contribution in [0.1, 0.15) is 6.42 Å². The molecular formula is C6H9N2O5-. The first-order chi connectivity index (χ1) is 5.93. The third kappa shape index (κ3) is 5.62. The molecule has 0 radical (unpaired) electrons. The minimum Gasteiger partial charge on any atom is -0.550 e. The standard InChI is InChI=1S/C6H10N2O5/c7-3(1-4(9)10)6(13)8-2-5(11)12/h3H,1-2,7H2,(H,8,13)(H,9,10)(H,11,12)/p-1/t3-/m0/s1. The zero-order chi connectivity index (χ0) is 10.4. The summed E-state index contributed by atoms with van der Waals surface area (Å²) in [6, 6.07) is -1.05. The van der Waals surface area contributed by atoms with Gasteiger partial charge in [-0.15, -0.1) is 0 Å². The van der Waals surface area contributed by atoms with E-state index < -0.39 is 36.9 Å². The summed E-state index contributed by atoms with van der Waals surface area (Å²) in [6.07, 6.45) is -0.543. The first-order valence-corrected chi connectivity index (χ1v) is 3.44. The maximum Gasteiger partial charge on any atom is 0.278 e. The molecule has 0 aliphatic carbocycles. The predicted molar refractivity (Wildman–Crippen MR) is 34.3 cm³/mol. The molecule has 0 aliphatic rings. The van der Waals surface area contributed by atoms with E-state index in [1.807, 2.05) is 5.32 Å². The van der Waals surface area contributed by atoms with E-state index in [0.29, 0.717) is 0 Å². The SMILES string of the molecule is [NH3+][C@@H](CC(=O)[O-])C(=O)NCC(=O)[O-]. The predicted octanol–water partition coefficient (Wildman–Crippen LogP) is -5.40. The highest BCUT2D eigenvalue weighted by atomic mass is 16.4. The van der Waals surface area contributed by atoms with Gasteiger partial charge in [-0.3, -0.25) is 4.79 Å². The highest BCUT2D eigenvalue weighted by molar-refractivity contribution is 5.86. The van der Waals surface area contributed by atoms with Crippen LogP contribution in [-0.2, 0) is 14.4 Å². The molecule has 0 spiro atoms. The fourth-order valence-electron chi connectivity index (χ4n) is 0.598. The summed E-state index contributed by atoms with van der Waals surface area (Å²) < 4.78 is 0. The van der Waals surface area contributed by atoms with E-state index >= 15 is 0 Å². The van der Waals surface area contributed by atoms with Crippen molar-refractivity contribution in [3.63, 3.8) is 0 Å². The van der Waals surface area contributed by atoms with Gasteiger partial charge in [0.15, 0.2) is 6.04 Å². The van der Waals surface area contributed by atoms with Crippen LogP contribution in [0.3, 0.4) is 0 Å². The molecule has 0 aromatic heterocycles. The lowest BCUT2D eigenvalue weighted by molar-refractivity contribution is -0.408. The Kier molecular flexibility index (Phi) is 4.45. The quantitative estimate of drug-likeness (QED) is 0.444. The van der Waals surface area contributed by atoms with E-state index in [9.17, 15) is 24.6 Å². The summed E-state index contributed by atoms with van der Waals surface area (Å²) in [5.74, 6) is -3.62. The number of carboxylic acids is 2. The third-order valence-corrected chi connectivity index (χ3v) is 1.19. The normalized spacial score (nSPS) is 11.8. The highest BCUT2D eigenvalue weighted by Crippen LogP contribution is 1.82. The van der Waals surface area contributed by atoms with Crippen LogP contribution in [-0.4, -0.2) is 30.4 Å². The van der Waals surface area contributed by atoms with Crippen LogP contribution in [0, 0.1) is 0 Å². The molecule has 74 valence electrons. The lowest BCUT2D eigenvalue weighted by atomic mass is 10.2. The molecule has 7 heteroatoms. The Bertz CT molecular complexity index is 227. The highest BCUT2D eigenvalue weighted by Gasteiger charge is 2.16. The molecule has 0 unspecified atom stereocenters. The smallest absolute Gasteiger partial charge is 0.278 e. The van der Waals surface area contributed by atoms with Gasteiger partial charge in [-0.1, -0.05) is 0 Å². The molecule has 0 saturated heterocycles. The van der Waals surface area contributed by atoms with Crippen molar-refractivity contribution < 1.29 is 30.3 Å². The number of carboxylic acid groups (broad SMARTS) is 2. The summed E-state index contributed by atoms with van der Waals surface area (Å²) in [6.45, 7) is -0.655. The number of aliphatic carboxylic acids is 2. The van der Waals surface area contributed by atoms with Gasteiger partial charge in [-0.2, -0.15) is 0 Å². The fourth-order valence-corrected chi connectivity index (χ4v) is 0.598. The summed E-state index contributed by atoms with van der Waals surface area (Å²) >= 11 is 0. The molecule has 4 N–H and O–H groups in total. The molecule has 13 heavy (non-hydrogen) atoms. The average Bonchev–Trinajstić information content (AvgIpc) is 1.98. The van der Waals surface area contributed by atoms with Gasteiger partial charge >= 0.3 is 0 Å². The topological polar surface area (TPSA) is 137 Å². The summed E-state index contributed by atoms with van der Waals surface area (Å²) in [7, 11) is 0. The molecule has 0 bridgehead atoms. The number of carbonyl (C=O) groups is 3. The van der Waals surface area contributed by atoms with Crippen molar-refractivity contribution in [1.82, 2.24) is 5.32 Å². The van der Waals surface area contributed by atoms with Crippen molar-refractivity contribution >= 4 is 17.8 Å². The molecule has 1 atom stereocenters. The van der Waals surface area contributed by atoms with Gasteiger partial charge in [0.1, 0.15) is 0 Å². The Morgan fingerprint density at radius 1 is 1.23 bits per heavy atom. The van der Waals surface area contributed by atoms with Crippen LogP contribution in [0.5, 0.6) is 0 Å². The number of hydrogen-bond acceptors (Lipinski definition) is 5. The van der Waals surface area contributed by atoms with Crippen LogP contribution < -0.4 is 21.3 Å². The van der Waals surface area contributed by atoms with Gasteiger partial charge in [-0.05, 0) is 0 Å². The molecule has 0 fully saturated rings. The lowest BCUT2D eigenvalue weighted by Gasteiger charge is -2.09. The van der Waals surface area contributed by atoms with Gasteiger partial charge in [0.05, 0.1) is 12.5 Å². The Hall–Kier alpha value is -1.63. The second kappa shape index (κ2) is 5.09. The first kappa shape index (κ1) is 11.4. The summed E-state index contributed by atoms with van der Waals surface area (Å²) in [4.78, 5) is 30.7. The fraction of sp³-hybridized carbons (Fsp3) is 0.500. The summed E-state index contributed by atoms with van der Waals surface area (Å²) in [5, 5.41) is 21.8. The van der Waals surface area contributed by atoms with Crippen molar-refractivity contribution in [3.05, 3.63) is 0 Å². The molecule has 0 heterocycles. The van der Waals surface area contributed by atoms with Crippen molar-refractivity contribution in [2.75, 3.05) is 6.54 Å². The van der Waals surface area contributed by atoms with Crippen LogP contribution >= 0.6 is 0 Å². The van der Waals surface area contributed by atoms with Crippen molar-refractivity contribution in [2.24, 2.45) is 0 Å². The van der Waals surface area contributed by atoms with Crippen LogP contribution in [0.25, 0.3) is 0 Å². The van der Waals surface area contributed by atoms with E-state index in [-0.39, 0.29) is 0 Å². The van der Waals surface area contributed by atoms with Crippen molar-refractivity contribution in [2.45, 2.75) is 12.5 Å². The molecule has 1 amide bonds. The molecule has 0 aromatic rings. The number of carbonyl (C=O) groups excluding carboxylic acids is 3. The Balaban J connectivity index is 3.82. The minimum absolute atomic E-state index is 0.543. The van der Waals surface area contributed by atoms with Crippen molar-refractivity contribution in [3.8, 4) is 0 Å². The van der Waals surface area contributed by atoms with Gasteiger partial charge in [-0.25, -0.2) is 0 Å². The number of hydrogen-bond donors (Lipinski definition) is 2. The van der Waals surface area contributed by atoms with Crippen LogP contribution in [0.15, 0.2) is 0 Å². The van der Waals surface area contributed by atoms with E-state index in [2.05, 4.69) is 5.73 Å². The van der Waals surface area contributed by atoms with Gasteiger partial charge < -0.3 is 30.9 Å². The largest absolute Gasteiger partial charge is 0.550 e.